The maximum absolute atomic E-state index is 13.7. The summed E-state index contributed by atoms with van der Waals surface area (Å²) in [5, 5.41) is 25.8. The average molecular weight is 638 g/mol. The monoisotopic (exact) mass is 637 g/mol. The van der Waals surface area contributed by atoms with Gasteiger partial charge in [-0.15, -0.1) is 0 Å². The quantitative estimate of drug-likeness (QED) is 0.137. The van der Waals surface area contributed by atoms with Crippen LogP contribution in [0.25, 0.3) is 0 Å². The summed E-state index contributed by atoms with van der Waals surface area (Å²) in [6.45, 7) is 7.81. The van der Waals surface area contributed by atoms with Crippen molar-refractivity contribution in [2.24, 2.45) is 42.5 Å². The van der Waals surface area contributed by atoms with Gasteiger partial charge in [-0.1, -0.05) is 33.6 Å². The van der Waals surface area contributed by atoms with Gasteiger partial charge in [0.25, 0.3) is 5.92 Å². The van der Waals surface area contributed by atoms with Gasteiger partial charge in [0.1, 0.15) is 5.75 Å². The van der Waals surface area contributed by atoms with Crippen LogP contribution in [0.1, 0.15) is 46.5 Å². The summed E-state index contributed by atoms with van der Waals surface area (Å²) in [4.78, 5) is 1.71. The van der Waals surface area contributed by atoms with E-state index in [4.69, 9.17) is 4.74 Å². The van der Waals surface area contributed by atoms with Crippen LogP contribution in [0.2, 0.25) is 0 Å². The zero-order valence-electron chi connectivity index (χ0n) is 27.1. The van der Waals surface area contributed by atoms with Crippen LogP contribution in [0, 0.1) is 11.8 Å². The lowest BCUT2D eigenvalue weighted by Crippen LogP contribution is -2.42. The highest BCUT2D eigenvalue weighted by Crippen LogP contribution is 2.32. The van der Waals surface area contributed by atoms with Crippen molar-refractivity contribution in [2.75, 3.05) is 24.6 Å². The molecule has 2 unspecified atom stereocenters. The minimum atomic E-state index is -2.64. The van der Waals surface area contributed by atoms with E-state index in [1.165, 1.54) is 12.8 Å². The van der Waals surface area contributed by atoms with Gasteiger partial charge in [0, 0.05) is 18.7 Å². The van der Waals surface area contributed by atoms with Crippen LogP contribution in [0.3, 0.4) is 0 Å². The van der Waals surface area contributed by atoms with Crippen molar-refractivity contribution in [1.82, 2.24) is 0 Å². The molecule has 0 aliphatic carbocycles. The molecule has 0 aromatic heterocycles. The smallest absolute Gasteiger partial charge is 0.265 e. The highest BCUT2D eigenvalue weighted by molar-refractivity contribution is 5.54. The summed E-state index contributed by atoms with van der Waals surface area (Å²) in [7, 11) is 0. The van der Waals surface area contributed by atoms with Crippen molar-refractivity contribution in [3.05, 3.63) is 97.1 Å². The molecule has 0 radical (unpaired) electrons. The van der Waals surface area contributed by atoms with Gasteiger partial charge < -0.3 is 9.64 Å². The molecule has 1 aliphatic heterocycles. The van der Waals surface area contributed by atoms with E-state index >= 15 is 0 Å². The SMILES string of the molecule is CCCC(C)C(C)COc1ccc(N=Nc2ccc(N=Nc3ccc(N=Nc4ccc(N5CCCC(F)(F)C5)cc4)cc3)cc2)cc1. The zero-order chi connectivity index (χ0) is 33.1. The molecule has 0 N–H and O–H groups in total. The fourth-order valence-corrected chi connectivity index (χ4v) is 5.18. The molecule has 1 heterocycles. The molecule has 0 amide bonds. The third-order valence-corrected chi connectivity index (χ3v) is 8.21. The molecule has 244 valence electrons. The third-order valence-electron chi connectivity index (χ3n) is 8.21. The molecular weight excluding hydrogens is 596 g/mol. The third kappa shape index (κ3) is 10.3. The van der Waals surface area contributed by atoms with Crippen LogP contribution in [0.15, 0.2) is 128 Å². The van der Waals surface area contributed by atoms with Gasteiger partial charge in [0.05, 0.1) is 47.3 Å². The standard InChI is InChI=1S/C37H41F2N7O/c1-4-6-27(2)28(3)25-47-36-21-17-34(18-22-36)45-43-32-13-9-30(10-14-32)41-40-29-7-11-31(12-8-29)42-44-33-15-19-35(20-16-33)46-24-5-23-37(38,39)26-46/h7-22,27-28H,4-6,23-26H2,1-3H3. The summed E-state index contributed by atoms with van der Waals surface area (Å²) in [5.74, 6) is -0.659. The molecule has 1 saturated heterocycles. The predicted molar refractivity (Wildman–Crippen MR) is 183 cm³/mol. The molecule has 4 aromatic carbocycles. The van der Waals surface area contributed by atoms with E-state index in [1.54, 1.807) is 41.3 Å². The van der Waals surface area contributed by atoms with Crippen LogP contribution in [0.5, 0.6) is 5.75 Å². The summed E-state index contributed by atoms with van der Waals surface area (Å²) < 4.78 is 33.5. The number of anilines is 1. The number of hydrogen-bond acceptors (Lipinski definition) is 8. The Bertz CT molecular complexity index is 1640. The normalized spacial score (nSPS) is 16.2. The molecule has 0 spiro atoms. The first-order valence-corrected chi connectivity index (χ1v) is 16.2. The topological polar surface area (TPSA) is 86.6 Å². The fraction of sp³-hybridized carbons (Fsp3) is 0.351. The number of alkyl halides is 2. The summed E-state index contributed by atoms with van der Waals surface area (Å²) in [6, 6.07) is 29.4. The number of rotatable bonds is 13. The maximum Gasteiger partial charge on any atom is 0.265 e. The number of nitrogens with zero attached hydrogens (tertiary/aromatic N) is 7. The van der Waals surface area contributed by atoms with Crippen molar-refractivity contribution < 1.29 is 13.5 Å². The Balaban J connectivity index is 1.08. The van der Waals surface area contributed by atoms with Gasteiger partial charge in [0.2, 0.25) is 0 Å². The van der Waals surface area contributed by atoms with E-state index in [0.717, 1.165) is 17.1 Å². The largest absolute Gasteiger partial charge is 0.493 e. The van der Waals surface area contributed by atoms with Gasteiger partial charge >= 0.3 is 0 Å². The number of piperidine rings is 1. The lowest BCUT2D eigenvalue weighted by Gasteiger charge is -2.34. The first-order chi connectivity index (χ1) is 22.8. The van der Waals surface area contributed by atoms with E-state index in [1.807, 2.05) is 60.7 Å². The lowest BCUT2D eigenvalue weighted by atomic mass is 9.93. The van der Waals surface area contributed by atoms with Crippen LogP contribution in [-0.2, 0) is 0 Å². The maximum atomic E-state index is 13.7. The summed E-state index contributed by atoms with van der Waals surface area (Å²) >= 11 is 0. The van der Waals surface area contributed by atoms with Gasteiger partial charge in [-0.2, -0.15) is 30.7 Å². The Morgan fingerprint density at radius 2 is 1.04 bits per heavy atom. The van der Waals surface area contributed by atoms with E-state index < -0.39 is 5.92 Å². The van der Waals surface area contributed by atoms with Gasteiger partial charge in [-0.05, 0) is 115 Å². The van der Waals surface area contributed by atoms with E-state index in [0.29, 0.717) is 59.8 Å². The summed E-state index contributed by atoms with van der Waals surface area (Å²) in [6.07, 6.45) is 2.83. The Kier molecular flexibility index (Phi) is 11.5. The van der Waals surface area contributed by atoms with Crippen LogP contribution >= 0.6 is 0 Å². The Hall–Kier alpha value is -4.86. The second-order valence-corrected chi connectivity index (χ2v) is 12.1. The van der Waals surface area contributed by atoms with Crippen molar-refractivity contribution in [3.8, 4) is 5.75 Å². The fourth-order valence-electron chi connectivity index (χ4n) is 5.18. The Morgan fingerprint density at radius 1 is 0.638 bits per heavy atom. The number of halogens is 2. The van der Waals surface area contributed by atoms with Crippen molar-refractivity contribution in [3.63, 3.8) is 0 Å². The van der Waals surface area contributed by atoms with Gasteiger partial charge in [-0.3, -0.25) is 0 Å². The number of azo groups is 3. The molecule has 2 atom stereocenters. The number of ether oxygens (including phenoxy) is 1. The highest BCUT2D eigenvalue weighted by atomic mass is 19.3. The van der Waals surface area contributed by atoms with Crippen LogP contribution in [-0.4, -0.2) is 25.6 Å². The Labute approximate surface area is 275 Å². The number of hydrogen-bond donors (Lipinski definition) is 0. The molecule has 4 aromatic rings. The van der Waals surface area contributed by atoms with Gasteiger partial charge in [-0.25, -0.2) is 8.78 Å². The van der Waals surface area contributed by atoms with Crippen LogP contribution < -0.4 is 9.64 Å². The first kappa shape index (κ1) is 33.5. The average Bonchev–Trinajstić information content (AvgIpc) is 3.09. The molecule has 5 rings (SSSR count). The summed E-state index contributed by atoms with van der Waals surface area (Å²) in [5.41, 5.74) is 4.89. The van der Waals surface area contributed by atoms with Crippen molar-refractivity contribution >= 4 is 39.8 Å². The first-order valence-electron chi connectivity index (χ1n) is 16.2. The molecule has 0 bridgehead atoms. The molecular formula is C37H41F2N7O. The van der Waals surface area contributed by atoms with E-state index in [-0.39, 0.29) is 13.0 Å². The highest BCUT2D eigenvalue weighted by Gasteiger charge is 2.35. The van der Waals surface area contributed by atoms with Crippen LogP contribution in [0.4, 0.5) is 48.6 Å². The lowest BCUT2D eigenvalue weighted by molar-refractivity contribution is -0.0116. The predicted octanol–water partition coefficient (Wildman–Crippen LogP) is 12.6. The molecule has 8 nitrogen and oxygen atoms in total. The molecule has 47 heavy (non-hydrogen) atoms. The molecule has 0 saturated carbocycles. The van der Waals surface area contributed by atoms with Crippen molar-refractivity contribution in [2.45, 2.75) is 52.4 Å². The van der Waals surface area contributed by atoms with Gasteiger partial charge in [0.15, 0.2) is 0 Å². The zero-order valence-corrected chi connectivity index (χ0v) is 27.1. The van der Waals surface area contributed by atoms with E-state index in [2.05, 4.69) is 51.5 Å². The second-order valence-electron chi connectivity index (χ2n) is 12.1. The number of benzene rings is 4. The molecule has 1 fully saturated rings. The Morgan fingerprint density at radius 3 is 1.45 bits per heavy atom. The molecule has 10 heteroatoms. The minimum absolute atomic E-state index is 0.0529. The minimum Gasteiger partial charge on any atom is -0.493 e. The molecule has 1 aliphatic rings. The second kappa shape index (κ2) is 16.1. The van der Waals surface area contributed by atoms with Crippen molar-refractivity contribution in [1.29, 1.82) is 0 Å². The van der Waals surface area contributed by atoms with E-state index in [9.17, 15) is 8.78 Å².